The second-order valence-electron chi connectivity index (χ2n) is 6.71. The number of nitrogen functional groups attached to an aromatic ring is 1. The van der Waals surface area contributed by atoms with Gasteiger partial charge in [0, 0.05) is 15.5 Å². The molecule has 2 N–H and O–H groups in total. The van der Waals surface area contributed by atoms with Crippen molar-refractivity contribution in [3.63, 3.8) is 0 Å². The van der Waals surface area contributed by atoms with Crippen molar-refractivity contribution < 1.29 is 9.47 Å². The number of hydrogen-bond acceptors (Lipinski definition) is 7. The molecule has 3 rings (SSSR count). The van der Waals surface area contributed by atoms with Crippen LogP contribution in [0.1, 0.15) is 22.3 Å². The first-order valence-electron chi connectivity index (χ1n) is 9.34. The average Bonchev–Trinajstić information content (AvgIpc) is 2.76. The van der Waals surface area contributed by atoms with Crippen molar-refractivity contribution in [3.8, 4) is 23.6 Å². The predicted octanol–water partition coefficient (Wildman–Crippen LogP) is 5.95. The van der Waals surface area contributed by atoms with Crippen LogP contribution in [0.25, 0.3) is 0 Å². The molecule has 0 aliphatic rings. The Hall–Kier alpha value is -3.26. The molecule has 0 amide bonds. The number of nitrogens with two attached hydrogens (primary N) is 1. The normalized spacial score (nSPS) is 10.3. The van der Waals surface area contributed by atoms with E-state index in [1.807, 2.05) is 50.2 Å². The minimum atomic E-state index is 0.142. The van der Waals surface area contributed by atoms with E-state index in [-0.39, 0.29) is 11.1 Å². The highest BCUT2D eigenvalue weighted by Gasteiger charge is 2.28. The zero-order valence-electron chi connectivity index (χ0n) is 17.6. The van der Waals surface area contributed by atoms with Gasteiger partial charge >= 0.3 is 0 Å². The monoisotopic (exact) mass is 447 g/mol. The van der Waals surface area contributed by atoms with Crippen LogP contribution in [0.2, 0.25) is 0 Å². The lowest BCUT2D eigenvalue weighted by atomic mass is 10.1. The van der Waals surface area contributed by atoms with Crippen LogP contribution in [-0.2, 0) is 0 Å². The second kappa shape index (κ2) is 9.70. The first-order chi connectivity index (χ1) is 14.9. The lowest BCUT2D eigenvalue weighted by molar-refractivity contribution is 0.382. The molecule has 0 spiro atoms. The third-order valence-corrected chi connectivity index (χ3v) is 7.21. The summed E-state index contributed by atoms with van der Waals surface area (Å²) in [6.07, 6.45) is 0. The summed E-state index contributed by atoms with van der Waals surface area (Å²) < 4.78 is 11.3. The molecule has 0 aliphatic heterocycles. The quantitative estimate of drug-likeness (QED) is 0.467. The van der Waals surface area contributed by atoms with Gasteiger partial charge in [0.15, 0.2) is 11.5 Å². The average molecular weight is 448 g/mol. The molecular weight excluding hydrogens is 426 g/mol. The van der Waals surface area contributed by atoms with Gasteiger partial charge < -0.3 is 15.2 Å². The largest absolute Gasteiger partial charge is 0.494 e. The van der Waals surface area contributed by atoms with E-state index in [2.05, 4.69) is 18.2 Å². The number of rotatable bonds is 6. The van der Waals surface area contributed by atoms with Crippen molar-refractivity contribution in [3.05, 3.63) is 64.7 Å². The number of nitriles is 2. The van der Waals surface area contributed by atoms with E-state index < -0.39 is 0 Å². The Kier molecular flexibility index (Phi) is 7.02. The molecule has 0 aliphatic carbocycles. The summed E-state index contributed by atoms with van der Waals surface area (Å²) in [5.41, 5.74) is 9.35. The van der Waals surface area contributed by atoms with Gasteiger partial charge in [0.25, 0.3) is 0 Å². The van der Waals surface area contributed by atoms with Crippen LogP contribution in [0.5, 0.6) is 11.5 Å². The lowest BCUT2D eigenvalue weighted by Gasteiger charge is -2.20. The van der Waals surface area contributed by atoms with Crippen molar-refractivity contribution in [2.24, 2.45) is 0 Å². The van der Waals surface area contributed by atoms with Crippen molar-refractivity contribution in [2.45, 2.75) is 33.4 Å². The van der Waals surface area contributed by atoms with Gasteiger partial charge in [0.1, 0.15) is 23.3 Å². The van der Waals surface area contributed by atoms with Crippen LogP contribution < -0.4 is 15.2 Å². The fourth-order valence-electron chi connectivity index (χ4n) is 3.16. The van der Waals surface area contributed by atoms with Crippen LogP contribution in [0.15, 0.2) is 62.0 Å². The van der Waals surface area contributed by atoms with E-state index in [0.717, 1.165) is 20.9 Å². The maximum atomic E-state index is 9.81. The van der Waals surface area contributed by atoms with E-state index in [1.165, 1.54) is 37.7 Å². The summed E-state index contributed by atoms with van der Waals surface area (Å²) in [5, 5.41) is 19.6. The van der Waals surface area contributed by atoms with E-state index in [4.69, 9.17) is 15.2 Å². The molecular formula is C24H21N3O2S2. The van der Waals surface area contributed by atoms with Crippen LogP contribution in [0.4, 0.5) is 5.69 Å². The van der Waals surface area contributed by atoms with E-state index >= 15 is 0 Å². The van der Waals surface area contributed by atoms with Crippen molar-refractivity contribution in [2.75, 3.05) is 20.0 Å². The van der Waals surface area contributed by atoms with Crippen LogP contribution in [-0.4, -0.2) is 14.2 Å². The highest BCUT2D eigenvalue weighted by atomic mass is 32.2. The Labute approximate surface area is 190 Å². The van der Waals surface area contributed by atoms with E-state index in [1.54, 1.807) is 0 Å². The van der Waals surface area contributed by atoms with Gasteiger partial charge in [-0.15, -0.1) is 0 Å². The van der Waals surface area contributed by atoms with Gasteiger partial charge in [0.2, 0.25) is 0 Å². The zero-order valence-corrected chi connectivity index (χ0v) is 19.3. The molecule has 0 heterocycles. The van der Waals surface area contributed by atoms with Gasteiger partial charge in [-0.2, -0.15) is 10.5 Å². The second-order valence-corrected chi connectivity index (χ2v) is 8.81. The lowest BCUT2D eigenvalue weighted by Crippen LogP contribution is -2.02. The fourth-order valence-corrected chi connectivity index (χ4v) is 5.46. The third kappa shape index (κ3) is 4.44. The summed E-state index contributed by atoms with van der Waals surface area (Å²) in [4.78, 5) is 3.22. The summed E-state index contributed by atoms with van der Waals surface area (Å²) >= 11 is 2.86. The first kappa shape index (κ1) is 22.4. The Bertz CT molecular complexity index is 1230. The zero-order chi connectivity index (χ0) is 22.5. The SMILES string of the molecule is COc1c(C#N)c(C#N)c(OC)c(Sc2ccccc2N)c1Sc1ccc(C)cc1C. The fraction of sp³-hybridized carbons (Fsp3) is 0.167. The number of methoxy groups -OCH3 is 2. The molecule has 5 nitrogen and oxygen atoms in total. The van der Waals surface area contributed by atoms with E-state index in [0.29, 0.717) is 27.0 Å². The first-order valence-corrected chi connectivity index (χ1v) is 11.0. The van der Waals surface area contributed by atoms with Gasteiger partial charge in [0.05, 0.1) is 24.0 Å². The van der Waals surface area contributed by atoms with Gasteiger partial charge in [-0.1, -0.05) is 53.4 Å². The smallest absolute Gasteiger partial charge is 0.153 e. The molecule has 0 radical (unpaired) electrons. The van der Waals surface area contributed by atoms with Gasteiger partial charge in [-0.3, -0.25) is 0 Å². The summed E-state index contributed by atoms with van der Waals surface area (Å²) in [5.74, 6) is 0.683. The standard InChI is InChI=1S/C24H21N3O2S2/c1-14-9-10-19(15(2)11-14)30-23-21(28-3)16(12-25)17(13-26)22(29-4)24(23)31-20-8-6-5-7-18(20)27/h5-11H,27H2,1-4H3. The molecule has 31 heavy (non-hydrogen) atoms. The molecule has 0 unspecified atom stereocenters. The number of para-hydroxylation sites is 1. The minimum absolute atomic E-state index is 0.142. The van der Waals surface area contributed by atoms with Crippen LogP contribution >= 0.6 is 23.5 Å². The molecule has 0 aromatic heterocycles. The molecule has 7 heteroatoms. The van der Waals surface area contributed by atoms with E-state index in [9.17, 15) is 10.5 Å². The number of anilines is 1. The van der Waals surface area contributed by atoms with Crippen molar-refractivity contribution >= 4 is 29.2 Å². The number of aryl methyl sites for hydroxylation is 2. The van der Waals surface area contributed by atoms with Crippen molar-refractivity contribution in [1.29, 1.82) is 10.5 Å². The predicted molar refractivity (Wildman–Crippen MR) is 124 cm³/mol. The summed E-state index contributed by atoms with van der Waals surface area (Å²) in [6.45, 7) is 4.08. The Morgan fingerprint density at radius 3 is 1.84 bits per heavy atom. The van der Waals surface area contributed by atoms with Crippen LogP contribution in [0.3, 0.4) is 0 Å². The molecule has 0 bridgehead atoms. The number of ether oxygens (including phenoxy) is 2. The number of benzene rings is 3. The summed E-state index contributed by atoms with van der Waals surface area (Å²) in [7, 11) is 3.00. The topological polar surface area (TPSA) is 92.1 Å². The third-order valence-electron chi connectivity index (χ3n) is 4.63. The summed E-state index contributed by atoms with van der Waals surface area (Å²) in [6, 6.07) is 17.9. The van der Waals surface area contributed by atoms with Gasteiger partial charge in [-0.05, 0) is 37.6 Å². The Balaban J connectivity index is 2.33. The molecule has 0 saturated carbocycles. The maximum Gasteiger partial charge on any atom is 0.153 e. The van der Waals surface area contributed by atoms with Crippen molar-refractivity contribution in [1.82, 2.24) is 0 Å². The molecule has 0 fully saturated rings. The maximum absolute atomic E-state index is 9.81. The molecule has 0 atom stereocenters. The van der Waals surface area contributed by atoms with Crippen LogP contribution in [0, 0.1) is 36.5 Å². The highest BCUT2D eigenvalue weighted by Crippen LogP contribution is 2.52. The number of hydrogen-bond donors (Lipinski definition) is 1. The van der Waals surface area contributed by atoms with Gasteiger partial charge in [-0.25, -0.2) is 0 Å². The Morgan fingerprint density at radius 1 is 0.806 bits per heavy atom. The molecule has 0 saturated heterocycles. The number of nitrogens with zero attached hydrogens (tertiary/aromatic N) is 2. The molecule has 3 aromatic carbocycles. The Morgan fingerprint density at radius 2 is 1.35 bits per heavy atom. The highest BCUT2D eigenvalue weighted by molar-refractivity contribution is 8.02. The molecule has 156 valence electrons. The minimum Gasteiger partial charge on any atom is -0.494 e. The molecule has 3 aromatic rings.